The van der Waals surface area contributed by atoms with Crippen LogP contribution in [0.15, 0.2) is 5.10 Å². The highest BCUT2D eigenvalue weighted by atomic mass is 32.1. The summed E-state index contributed by atoms with van der Waals surface area (Å²) in [6, 6.07) is 0. The summed E-state index contributed by atoms with van der Waals surface area (Å²) < 4.78 is 0. The molecule has 1 aliphatic rings. The first-order valence-electron chi connectivity index (χ1n) is 2.94. The van der Waals surface area contributed by atoms with Crippen molar-refractivity contribution in [2.45, 2.75) is 6.92 Å². The molecule has 0 radical (unpaired) electrons. The molecular formula is C6H8N2OS. The van der Waals surface area contributed by atoms with E-state index in [2.05, 4.69) is 5.10 Å². The van der Waals surface area contributed by atoms with Gasteiger partial charge in [0, 0.05) is 7.05 Å². The number of hydrogen-bond donors (Lipinski definition) is 0. The Morgan fingerprint density at radius 3 is 2.60 bits per heavy atom. The Kier molecular flexibility index (Phi) is 1.80. The molecule has 54 valence electrons. The summed E-state index contributed by atoms with van der Waals surface area (Å²) in [5, 5.41) is 5.56. The lowest BCUT2D eigenvalue weighted by molar-refractivity contribution is -0.108. The first-order chi connectivity index (χ1) is 4.66. The van der Waals surface area contributed by atoms with Crippen LogP contribution in [0.5, 0.6) is 0 Å². The van der Waals surface area contributed by atoms with Gasteiger partial charge in [-0.25, -0.2) is 0 Å². The van der Waals surface area contributed by atoms with Crippen molar-refractivity contribution in [1.82, 2.24) is 5.01 Å². The molecule has 0 aromatic rings. The van der Waals surface area contributed by atoms with E-state index in [-0.39, 0.29) is 5.92 Å². The Balaban J connectivity index is 2.87. The van der Waals surface area contributed by atoms with Crippen LogP contribution in [0.1, 0.15) is 6.92 Å². The predicted octanol–water partition coefficient (Wildman–Crippen LogP) is 0.450. The Bertz CT molecular complexity index is 212. The van der Waals surface area contributed by atoms with Crippen LogP contribution in [-0.2, 0) is 4.79 Å². The van der Waals surface area contributed by atoms with Crippen LogP contribution in [0.4, 0.5) is 0 Å². The third-order valence-electron chi connectivity index (χ3n) is 1.48. The molecular weight excluding hydrogens is 148 g/mol. The summed E-state index contributed by atoms with van der Waals surface area (Å²) >= 11 is 4.92. The summed E-state index contributed by atoms with van der Waals surface area (Å²) in [7, 11) is 1.75. The smallest absolute Gasteiger partial charge is 0.135 e. The van der Waals surface area contributed by atoms with Crippen LogP contribution in [0.2, 0.25) is 0 Å². The van der Waals surface area contributed by atoms with Crippen LogP contribution in [0.3, 0.4) is 0 Å². The van der Waals surface area contributed by atoms with E-state index in [1.807, 2.05) is 0 Å². The van der Waals surface area contributed by atoms with E-state index in [1.54, 1.807) is 19.0 Å². The highest BCUT2D eigenvalue weighted by Gasteiger charge is 2.26. The Morgan fingerprint density at radius 1 is 1.80 bits per heavy atom. The molecule has 1 aliphatic heterocycles. The molecule has 0 amide bonds. The van der Waals surface area contributed by atoms with Gasteiger partial charge in [0.2, 0.25) is 0 Å². The summed E-state index contributed by atoms with van der Waals surface area (Å²) in [5.74, 6) is -0.264. The number of hydrazone groups is 1. The molecule has 1 heterocycles. The van der Waals surface area contributed by atoms with Crippen molar-refractivity contribution in [2.75, 3.05) is 7.05 Å². The quantitative estimate of drug-likeness (QED) is 0.408. The fourth-order valence-electron chi connectivity index (χ4n) is 0.885. The van der Waals surface area contributed by atoms with Crippen molar-refractivity contribution in [1.29, 1.82) is 0 Å². The highest BCUT2D eigenvalue weighted by molar-refractivity contribution is 7.80. The van der Waals surface area contributed by atoms with Gasteiger partial charge in [0.25, 0.3) is 0 Å². The van der Waals surface area contributed by atoms with Gasteiger partial charge < -0.3 is 4.79 Å². The van der Waals surface area contributed by atoms with Gasteiger partial charge in [0.15, 0.2) is 0 Å². The van der Waals surface area contributed by atoms with Crippen molar-refractivity contribution in [3.63, 3.8) is 0 Å². The molecule has 0 fully saturated rings. The van der Waals surface area contributed by atoms with Crippen LogP contribution >= 0.6 is 12.2 Å². The van der Waals surface area contributed by atoms with Crippen LogP contribution < -0.4 is 0 Å². The topological polar surface area (TPSA) is 32.7 Å². The number of rotatable bonds is 1. The second-order valence-electron chi connectivity index (χ2n) is 2.22. The summed E-state index contributed by atoms with van der Waals surface area (Å²) in [4.78, 5) is 11.0. The fourth-order valence-corrected chi connectivity index (χ4v) is 1.15. The van der Waals surface area contributed by atoms with E-state index < -0.39 is 0 Å². The number of nitrogens with zero attached hydrogens (tertiary/aromatic N) is 2. The molecule has 3 nitrogen and oxygen atoms in total. The Hall–Kier alpha value is -0.770. The third kappa shape index (κ3) is 0.945. The predicted molar refractivity (Wildman–Crippen MR) is 43.0 cm³/mol. The lowest BCUT2D eigenvalue weighted by Gasteiger charge is -2.05. The summed E-state index contributed by atoms with van der Waals surface area (Å²) in [6.07, 6.45) is 0.824. The average molecular weight is 156 g/mol. The number of carbonyl (C=O) groups is 1. The molecule has 4 heteroatoms. The second kappa shape index (κ2) is 2.46. The fraction of sp³-hybridized carbons (Fsp3) is 0.500. The first kappa shape index (κ1) is 7.34. The van der Waals surface area contributed by atoms with E-state index >= 15 is 0 Å². The molecule has 1 unspecified atom stereocenters. The lowest BCUT2D eigenvalue weighted by atomic mass is 10.1. The molecule has 0 saturated carbocycles. The molecule has 0 aromatic carbocycles. The molecule has 0 aliphatic carbocycles. The number of carbonyl (C=O) groups excluding carboxylic acids is 1. The molecule has 0 bridgehead atoms. The van der Waals surface area contributed by atoms with Gasteiger partial charge in [-0.15, -0.1) is 0 Å². The molecule has 0 N–H and O–H groups in total. The van der Waals surface area contributed by atoms with Gasteiger partial charge in [-0.2, -0.15) is 5.10 Å². The Labute approximate surface area is 64.7 Å². The third-order valence-corrected chi connectivity index (χ3v) is 2.00. The van der Waals surface area contributed by atoms with E-state index in [1.165, 1.54) is 0 Å². The van der Waals surface area contributed by atoms with Gasteiger partial charge in [-0.1, -0.05) is 12.2 Å². The van der Waals surface area contributed by atoms with E-state index in [0.29, 0.717) is 4.99 Å². The van der Waals surface area contributed by atoms with Crippen molar-refractivity contribution in [2.24, 2.45) is 11.0 Å². The van der Waals surface area contributed by atoms with Gasteiger partial charge >= 0.3 is 0 Å². The molecule has 0 saturated heterocycles. The normalized spacial score (nSPS) is 25.0. The zero-order valence-corrected chi connectivity index (χ0v) is 6.68. The van der Waals surface area contributed by atoms with E-state index in [4.69, 9.17) is 12.2 Å². The minimum atomic E-state index is -0.264. The van der Waals surface area contributed by atoms with Gasteiger partial charge in [0.05, 0.1) is 5.71 Å². The molecule has 0 aromatic heterocycles. The maximum absolute atomic E-state index is 10.4. The van der Waals surface area contributed by atoms with Crippen molar-refractivity contribution >= 4 is 29.2 Å². The van der Waals surface area contributed by atoms with Crippen LogP contribution in [-0.4, -0.2) is 29.0 Å². The summed E-state index contributed by atoms with van der Waals surface area (Å²) in [5.41, 5.74) is 0.780. The SMILES string of the molecule is CC1=NN(C)C(=S)C1C=O. The molecule has 0 spiro atoms. The number of hydrogen-bond acceptors (Lipinski definition) is 3. The van der Waals surface area contributed by atoms with Gasteiger partial charge in [-0.3, -0.25) is 5.01 Å². The first-order valence-corrected chi connectivity index (χ1v) is 3.35. The average Bonchev–Trinajstić information content (AvgIpc) is 2.09. The minimum Gasteiger partial charge on any atom is -0.302 e. The van der Waals surface area contributed by atoms with E-state index in [0.717, 1.165) is 12.0 Å². The maximum atomic E-state index is 10.4. The lowest BCUT2D eigenvalue weighted by Crippen LogP contribution is -2.22. The molecule has 1 rings (SSSR count). The largest absolute Gasteiger partial charge is 0.302 e. The van der Waals surface area contributed by atoms with Crippen molar-refractivity contribution < 1.29 is 4.79 Å². The maximum Gasteiger partial charge on any atom is 0.135 e. The Morgan fingerprint density at radius 2 is 2.40 bits per heavy atom. The zero-order valence-electron chi connectivity index (χ0n) is 5.87. The van der Waals surface area contributed by atoms with Crippen molar-refractivity contribution in [3.05, 3.63) is 0 Å². The monoisotopic (exact) mass is 156 g/mol. The zero-order chi connectivity index (χ0) is 7.72. The molecule has 1 atom stereocenters. The number of aldehydes is 1. The second-order valence-corrected chi connectivity index (χ2v) is 2.64. The van der Waals surface area contributed by atoms with Crippen LogP contribution in [0.25, 0.3) is 0 Å². The highest BCUT2D eigenvalue weighted by Crippen LogP contribution is 2.12. The van der Waals surface area contributed by atoms with E-state index in [9.17, 15) is 4.79 Å². The standard InChI is InChI=1S/C6H8N2OS/c1-4-5(3-9)6(10)8(2)7-4/h3,5H,1-2H3. The minimum absolute atomic E-state index is 0.264. The van der Waals surface area contributed by atoms with Crippen LogP contribution in [0, 0.1) is 5.92 Å². The molecule has 10 heavy (non-hydrogen) atoms. The summed E-state index contributed by atoms with van der Waals surface area (Å²) in [6.45, 7) is 1.80. The van der Waals surface area contributed by atoms with Gasteiger partial charge in [0.1, 0.15) is 17.2 Å². The van der Waals surface area contributed by atoms with Gasteiger partial charge in [-0.05, 0) is 6.92 Å². The number of thiocarbonyl (C=S) groups is 1. The van der Waals surface area contributed by atoms with Crippen molar-refractivity contribution in [3.8, 4) is 0 Å².